The van der Waals surface area contributed by atoms with Crippen LogP contribution in [0.15, 0.2) is 48.5 Å². The predicted molar refractivity (Wildman–Crippen MR) is 101 cm³/mol. The first-order valence-corrected chi connectivity index (χ1v) is 8.34. The van der Waals surface area contributed by atoms with Gasteiger partial charge in [0.1, 0.15) is 0 Å². The highest BCUT2D eigenvalue weighted by atomic mass is 16.2. The van der Waals surface area contributed by atoms with Gasteiger partial charge in [-0.25, -0.2) is 0 Å². The molecule has 2 aromatic carbocycles. The van der Waals surface area contributed by atoms with E-state index < -0.39 is 0 Å². The monoisotopic (exact) mass is 325 g/mol. The van der Waals surface area contributed by atoms with Gasteiger partial charge in [0.05, 0.1) is 6.04 Å². The van der Waals surface area contributed by atoms with Crippen molar-refractivity contribution in [3.05, 3.63) is 59.7 Å². The summed E-state index contributed by atoms with van der Waals surface area (Å²) < 4.78 is 0. The molecule has 0 aliphatic rings. The Hall–Kier alpha value is -2.49. The molecule has 0 saturated heterocycles. The normalized spacial score (nSPS) is 11.8. The van der Waals surface area contributed by atoms with Crippen molar-refractivity contribution in [3.63, 3.8) is 0 Å². The van der Waals surface area contributed by atoms with Crippen LogP contribution in [-0.4, -0.2) is 24.9 Å². The number of hydrogen-bond acceptors (Lipinski definition) is 3. The molecule has 0 unspecified atom stereocenters. The van der Waals surface area contributed by atoms with Crippen LogP contribution in [-0.2, 0) is 11.3 Å². The van der Waals surface area contributed by atoms with Crippen molar-refractivity contribution in [3.8, 4) is 0 Å². The average molecular weight is 325 g/mol. The van der Waals surface area contributed by atoms with Crippen LogP contribution in [0.4, 0.5) is 11.4 Å². The Labute approximate surface area is 144 Å². The van der Waals surface area contributed by atoms with Gasteiger partial charge in [-0.1, -0.05) is 37.3 Å². The number of benzene rings is 2. The largest absolute Gasteiger partial charge is 0.399 e. The van der Waals surface area contributed by atoms with E-state index in [4.69, 9.17) is 5.73 Å². The lowest BCUT2D eigenvalue weighted by atomic mass is 10.0. The lowest BCUT2D eigenvalue weighted by molar-refractivity contribution is -0.133. The molecule has 0 saturated carbocycles. The van der Waals surface area contributed by atoms with Crippen LogP contribution in [0.5, 0.6) is 0 Å². The highest BCUT2D eigenvalue weighted by molar-refractivity contribution is 5.76. The fourth-order valence-corrected chi connectivity index (χ4v) is 2.91. The van der Waals surface area contributed by atoms with Gasteiger partial charge < -0.3 is 15.5 Å². The van der Waals surface area contributed by atoms with E-state index in [9.17, 15) is 4.79 Å². The lowest BCUT2D eigenvalue weighted by Crippen LogP contribution is -2.33. The summed E-state index contributed by atoms with van der Waals surface area (Å²) in [4.78, 5) is 16.6. The van der Waals surface area contributed by atoms with Gasteiger partial charge in [-0.3, -0.25) is 4.79 Å². The molecule has 1 atom stereocenters. The lowest BCUT2D eigenvalue weighted by Gasteiger charge is -2.31. The molecule has 2 N–H and O–H groups in total. The summed E-state index contributed by atoms with van der Waals surface area (Å²) >= 11 is 0. The fourth-order valence-electron chi connectivity index (χ4n) is 2.91. The second-order valence-corrected chi connectivity index (χ2v) is 6.24. The molecule has 0 radical (unpaired) electrons. The van der Waals surface area contributed by atoms with Crippen LogP contribution in [0.25, 0.3) is 0 Å². The summed E-state index contributed by atoms with van der Waals surface area (Å²) in [5.41, 5.74) is 9.97. The van der Waals surface area contributed by atoms with Crippen LogP contribution in [0.3, 0.4) is 0 Å². The van der Waals surface area contributed by atoms with Gasteiger partial charge in [-0.15, -0.1) is 0 Å². The van der Waals surface area contributed by atoms with Crippen LogP contribution >= 0.6 is 0 Å². The third-order valence-corrected chi connectivity index (χ3v) is 4.30. The van der Waals surface area contributed by atoms with E-state index in [1.807, 2.05) is 62.3 Å². The van der Waals surface area contributed by atoms with Crippen LogP contribution in [0.1, 0.15) is 37.4 Å². The van der Waals surface area contributed by atoms with Gasteiger partial charge in [0.15, 0.2) is 0 Å². The first kappa shape index (κ1) is 17.9. The molecule has 0 spiro atoms. The molecule has 4 heteroatoms. The zero-order valence-corrected chi connectivity index (χ0v) is 15.0. The topological polar surface area (TPSA) is 49.6 Å². The maximum Gasteiger partial charge on any atom is 0.223 e. The average Bonchev–Trinajstić information content (AvgIpc) is 2.59. The maximum absolute atomic E-state index is 12.6. The first-order chi connectivity index (χ1) is 11.4. The van der Waals surface area contributed by atoms with Crippen LogP contribution in [0.2, 0.25) is 0 Å². The van der Waals surface area contributed by atoms with Crippen molar-refractivity contribution in [2.75, 3.05) is 24.7 Å². The zero-order valence-electron chi connectivity index (χ0n) is 15.0. The number of carbonyl (C=O) groups is 1. The Morgan fingerprint density at radius 3 is 2.38 bits per heavy atom. The summed E-state index contributed by atoms with van der Waals surface area (Å²) in [7, 11) is 4.00. The Morgan fingerprint density at radius 2 is 1.79 bits per heavy atom. The summed E-state index contributed by atoms with van der Waals surface area (Å²) in [6, 6.07) is 16.0. The van der Waals surface area contributed by atoms with Crippen molar-refractivity contribution in [2.45, 2.75) is 32.9 Å². The van der Waals surface area contributed by atoms with Gasteiger partial charge in [0, 0.05) is 38.4 Å². The maximum atomic E-state index is 12.6. The quantitative estimate of drug-likeness (QED) is 0.821. The standard InChI is InChI=1S/C20H27N3O/c1-5-20(24)23(15(2)16-9-7-6-8-10-16)14-17-13-18(21)11-12-19(17)22(3)4/h6-13,15H,5,14,21H2,1-4H3/t15-/m1/s1. The van der Waals surface area contributed by atoms with Gasteiger partial charge in [-0.05, 0) is 36.2 Å². The van der Waals surface area contributed by atoms with Crippen LogP contribution < -0.4 is 10.6 Å². The molecule has 0 aromatic heterocycles. The molecular weight excluding hydrogens is 298 g/mol. The molecule has 0 bridgehead atoms. The summed E-state index contributed by atoms with van der Waals surface area (Å²) in [6.45, 7) is 4.52. The molecular formula is C20H27N3O. The highest BCUT2D eigenvalue weighted by Crippen LogP contribution is 2.28. The number of rotatable bonds is 6. The number of anilines is 2. The minimum atomic E-state index is 0.00935. The number of nitrogen functional groups attached to an aromatic ring is 1. The van der Waals surface area contributed by atoms with Gasteiger partial charge in [-0.2, -0.15) is 0 Å². The summed E-state index contributed by atoms with van der Waals surface area (Å²) in [5, 5.41) is 0. The van der Waals surface area contributed by atoms with Gasteiger partial charge >= 0.3 is 0 Å². The van der Waals surface area contributed by atoms with Crippen molar-refractivity contribution < 1.29 is 4.79 Å². The molecule has 0 aliphatic heterocycles. The molecule has 0 heterocycles. The highest BCUT2D eigenvalue weighted by Gasteiger charge is 2.22. The molecule has 0 aliphatic carbocycles. The summed E-state index contributed by atoms with van der Waals surface area (Å²) in [5.74, 6) is 0.137. The Bertz CT molecular complexity index is 683. The Kier molecular flexibility index (Phi) is 5.85. The molecule has 1 amide bonds. The number of nitrogens with two attached hydrogens (primary N) is 1. The van der Waals surface area contributed by atoms with E-state index in [1.54, 1.807) is 0 Å². The molecule has 4 nitrogen and oxygen atoms in total. The van der Waals surface area contributed by atoms with E-state index in [0.29, 0.717) is 18.7 Å². The molecule has 128 valence electrons. The van der Waals surface area contributed by atoms with E-state index in [2.05, 4.69) is 24.0 Å². The third-order valence-electron chi connectivity index (χ3n) is 4.30. The van der Waals surface area contributed by atoms with Crippen molar-refractivity contribution >= 4 is 17.3 Å². The Morgan fingerprint density at radius 1 is 1.12 bits per heavy atom. The molecule has 2 rings (SSSR count). The number of carbonyl (C=O) groups excluding carboxylic acids is 1. The Balaban J connectivity index is 2.37. The predicted octanol–water partition coefficient (Wildman–Crippen LogP) is 3.83. The van der Waals surface area contributed by atoms with E-state index >= 15 is 0 Å². The number of amides is 1. The minimum Gasteiger partial charge on any atom is -0.399 e. The molecule has 2 aromatic rings. The van der Waals surface area contributed by atoms with E-state index in [-0.39, 0.29) is 11.9 Å². The smallest absolute Gasteiger partial charge is 0.223 e. The summed E-state index contributed by atoms with van der Waals surface area (Å²) in [6.07, 6.45) is 0.483. The third kappa shape index (κ3) is 4.07. The van der Waals surface area contributed by atoms with E-state index in [1.165, 1.54) is 0 Å². The van der Waals surface area contributed by atoms with Gasteiger partial charge in [0.2, 0.25) is 5.91 Å². The van der Waals surface area contributed by atoms with Crippen LogP contribution in [0, 0.1) is 0 Å². The first-order valence-electron chi connectivity index (χ1n) is 8.34. The van der Waals surface area contributed by atoms with Crippen molar-refractivity contribution in [2.24, 2.45) is 0 Å². The van der Waals surface area contributed by atoms with Crippen molar-refractivity contribution in [1.29, 1.82) is 0 Å². The minimum absolute atomic E-state index is 0.00935. The molecule has 24 heavy (non-hydrogen) atoms. The number of nitrogens with zero attached hydrogens (tertiary/aromatic N) is 2. The second kappa shape index (κ2) is 7.86. The number of hydrogen-bond donors (Lipinski definition) is 1. The fraction of sp³-hybridized carbons (Fsp3) is 0.350. The molecule has 0 fully saturated rings. The SMILES string of the molecule is CCC(=O)N(Cc1cc(N)ccc1N(C)C)[C@H](C)c1ccccc1. The van der Waals surface area contributed by atoms with Crippen molar-refractivity contribution in [1.82, 2.24) is 4.90 Å². The van der Waals surface area contributed by atoms with Gasteiger partial charge in [0.25, 0.3) is 0 Å². The van der Waals surface area contributed by atoms with E-state index in [0.717, 1.165) is 16.8 Å². The second-order valence-electron chi connectivity index (χ2n) is 6.24. The zero-order chi connectivity index (χ0) is 17.7.